The zero-order valence-electron chi connectivity index (χ0n) is 16.8. The highest BCUT2D eigenvalue weighted by molar-refractivity contribution is 8.18. The van der Waals surface area contributed by atoms with Crippen LogP contribution >= 0.6 is 11.8 Å². The smallest absolute Gasteiger partial charge is 0.294 e. The maximum Gasteiger partial charge on any atom is 0.294 e. The van der Waals surface area contributed by atoms with Gasteiger partial charge in [-0.05, 0) is 42.5 Å². The van der Waals surface area contributed by atoms with Crippen LogP contribution in [-0.2, 0) is 14.3 Å². The Bertz CT molecular complexity index is 863. The van der Waals surface area contributed by atoms with Crippen molar-refractivity contribution in [2.45, 2.75) is 6.92 Å². The fourth-order valence-corrected chi connectivity index (χ4v) is 3.82. The van der Waals surface area contributed by atoms with E-state index in [9.17, 15) is 14.4 Å². The zero-order valence-corrected chi connectivity index (χ0v) is 17.6. The summed E-state index contributed by atoms with van der Waals surface area (Å²) in [5.74, 6) is 0.369. The van der Waals surface area contributed by atoms with Gasteiger partial charge in [0.1, 0.15) is 13.2 Å². The summed E-state index contributed by atoms with van der Waals surface area (Å²) in [7, 11) is 0. The van der Waals surface area contributed by atoms with Crippen molar-refractivity contribution in [1.29, 1.82) is 0 Å². The van der Waals surface area contributed by atoms with Crippen LogP contribution in [0.4, 0.5) is 4.79 Å². The summed E-state index contributed by atoms with van der Waals surface area (Å²) in [4.78, 5) is 40.3. The van der Waals surface area contributed by atoms with Gasteiger partial charge in [-0.3, -0.25) is 19.3 Å². The first-order valence-corrected chi connectivity index (χ1v) is 10.5. The second kappa shape index (κ2) is 10.3. The fraction of sp³-hybridized carbons (Fsp3) is 0.381. The number of imide groups is 1. The first-order valence-electron chi connectivity index (χ1n) is 9.65. The standard InChI is InChI=1S/C21H24N2O6S/c1-3-9-29-16-6-5-15(12-17(16)28-4-2)13-18-20(25)23(21(26)30-18)14-19(24)22-7-10-27-11-8-22/h3,5-6,12-13H,1,4,7-11,14H2,2H3/b18-13+. The average Bonchev–Trinajstić information content (AvgIpc) is 3.01. The topological polar surface area (TPSA) is 85.4 Å². The van der Waals surface area contributed by atoms with E-state index in [1.54, 1.807) is 35.3 Å². The minimum Gasteiger partial charge on any atom is -0.490 e. The molecule has 8 nitrogen and oxygen atoms in total. The molecule has 2 aliphatic heterocycles. The Morgan fingerprint density at radius 1 is 1.23 bits per heavy atom. The summed E-state index contributed by atoms with van der Waals surface area (Å²) in [6, 6.07) is 5.26. The molecular formula is C21H24N2O6S. The second-order valence-corrected chi connectivity index (χ2v) is 7.49. The number of carbonyl (C=O) groups is 3. The Balaban J connectivity index is 1.73. The van der Waals surface area contributed by atoms with E-state index in [4.69, 9.17) is 14.2 Å². The van der Waals surface area contributed by atoms with Crippen LogP contribution in [0, 0.1) is 0 Å². The number of hydrogen-bond donors (Lipinski definition) is 0. The van der Waals surface area contributed by atoms with Crippen molar-refractivity contribution >= 4 is 34.9 Å². The largest absolute Gasteiger partial charge is 0.490 e. The molecule has 1 aromatic rings. The van der Waals surface area contributed by atoms with Gasteiger partial charge >= 0.3 is 0 Å². The van der Waals surface area contributed by atoms with Crippen molar-refractivity contribution in [3.05, 3.63) is 41.3 Å². The number of carbonyl (C=O) groups excluding carboxylic acids is 3. The van der Waals surface area contributed by atoms with Crippen LogP contribution in [0.5, 0.6) is 11.5 Å². The lowest BCUT2D eigenvalue weighted by Gasteiger charge is -2.28. The lowest BCUT2D eigenvalue weighted by atomic mass is 10.2. The second-order valence-electron chi connectivity index (χ2n) is 6.50. The SMILES string of the molecule is C=CCOc1ccc(/C=C2/SC(=O)N(CC(=O)N3CCOCC3)C2=O)cc1OCC. The lowest BCUT2D eigenvalue weighted by Crippen LogP contribution is -2.46. The number of rotatable bonds is 8. The van der Waals surface area contributed by atoms with Crippen molar-refractivity contribution in [3.63, 3.8) is 0 Å². The van der Waals surface area contributed by atoms with Gasteiger partial charge in [0.2, 0.25) is 5.91 Å². The maximum absolute atomic E-state index is 12.7. The molecule has 0 unspecified atom stereocenters. The molecular weight excluding hydrogens is 408 g/mol. The molecule has 1 aromatic carbocycles. The quantitative estimate of drug-likeness (QED) is 0.461. The molecule has 0 bridgehead atoms. The summed E-state index contributed by atoms with van der Waals surface area (Å²) in [6.07, 6.45) is 3.25. The van der Waals surface area contributed by atoms with Crippen LogP contribution in [-0.4, -0.2) is 72.9 Å². The molecule has 0 aliphatic carbocycles. The van der Waals surface area contributed by atoms with Gasteiger partial charge in [-0.15, -0.1) is 0 Å². The van der Waals surface area contributed by atoms with E-state index in [0.29, 0.717) is 56.6 Å². The summed E-state index contributed by atoms with van der Waals surface area (Å²) in [5, 5.41) is -0.455. The van der Waals surface area contributed by atoms with E-state index < -0.39 is 11.1 Å². The van der Waals surface area contributed by atoms with Gasteiger partial charge < -0.3 is 19.1 Å². The highest BCUT2D eigenvalue weighted by Crippen LogP contribution is 2.34. The van der Waals surface area contributed by atoms with Crippen molar-refractivity contribution < 1.29 is 28.6 Å². The molecule has 3 amide bonds. The number of ether oxygens (including phenoxy) is 3. The third kappa shape index (κ3) is 5.22. The van der Waals surface area contributed by atoms with Crippen LogP contribution in [0.3, 0.4) is 0 Å². The first kappa shape index (κ1) is 21.9. The lowest BCUT2D eigenvalue weighted by molar-refractivity contribution is -0.139. The van der Waals surface area contributed by atoms with Crippen LogP contribution in [0.2, 0.25) is 0 Å². The van der Waals surface area contributed by atoms with Gasteiger partial charge in [-0.2, -0.15) is 0 Å². The number of amides is 3. The Hall–Kier alpha value is -2.78. The van der Waals surface area contributed by atoms with Crippen molar-refractivity contribution in [2.24, 2.45) is 0 Å². The number of nitrogens with zero attached hydrogens (tertiary/aromatic N) is 2. The van der Waals surface area contributed by atoms with Gasteiger partial charge in [0.05, 0.1) is 24.7 Å². The molecule has 0 atom stereocenters. The highest BCUT2D eigenvalue weighted by atomic mass is 32.2. The van der Waals surface area contributed by atoms with Crippen LogP contribution < -0.4 is 9.47 Å². The third-order valence-corrected chi connectivity index (χ3v) is 5.36. The monoisotopic (exact) mass is 432 g/mol. The fourth-order valence-electron chi connectivity index (χ4n) is 2.99. The molecule has 0 saturated carbocycles. The summed E-state index contributed by atoms with van der Waals surface area (Å²) < 4.78 is 16.4. The zero-order chi connectivity index (χ0) is 21.5. The molecule has 0 spiro atoms. The van der Waals surface area contributed by atoms with Crippen molar-refractivity contribution in [3.8, 4) is 11.5 Å². The number of benzene rings is 1. The molecule has 2 heterocycles. The Morgan fingerprint density at radius 3 is 2.70 bits per heavy atom. The summed E-state index contributed by atoms with van der Waals surface area (Å²) >= 11 is 0.820. The van der Waals surface area contributed by atoms with E-state index in [0.717, 1.165) is 16.7 Å². The maximum atomic E-state index is 12.7. The van der Waals surface area contributed by atoms with Gasteiger partial charge in [0, 0.05) is 13.1 Å². The molecule has 3 rings (SSSR count). The van der Waals surface area contributed by atoms with Gasteiger partial charge in [0.15, 0.2) is 11.5 Å². The molecule has 2 saturated heterocycles. The molecule has 2 fully saturated rings. The molecule has 30 heavy (non-hydrogen) atoms. The van der Waals surface area contributed by atoms with E-state index in [-0.39, 0.29) is 17.4 Å². The minimum absolute atomic E-state index is 0.260. The van der Waals surface area contributed by atoms with E-state index in [2.05, 4.69) is 6.58 Å². The molecule has 2 aliphatic rings. The predicted molar refractivity (Wildman–Crippen MR) is 113 cm³/mol. The van der Waals surface area contributed by atoms with E-state index >= 15 is 0 Å². The molecule has 0 aromatic heterocycles. The van der Waals surface area contributed by atoms with Gasteiger partial charge in [-0.1, -0.05) is 18.7 Å². The number of hydrogen-bond acceptors (Lipinski definition) is 7. The first-order chi connectivity index (χ1) is 14.5. The van der Waals surface area contributed by atoms with E-state index in [1.165, 1.54) is 0 Å². The average molecular weight is 432 g/mol. The Labute approximate surface area is 179 Å². The van der Waals surface area contributed by atoms with Crippen LogP contribution in [0.1, 0.15) is 12.5 Å². The normalized spacial score (nSPS) is 18.1. The number of morpholine rings is 1. The number of thioether (sulfide) groups is 1. The van der Waals surface area contributed by atoms with Gasteiger partial charge in [-0.25, -0.2) is 0 Å². The molecule has 9 heteroatoms. The predicted octanol–water partition coefficient (Wildman–Crippen LogP) is 2.55. The molecule has 0 radical (unpaired) electrons. The van der Waals surface area contributed by atoms with E-state index in [1.807, 2.05) is 6.92 Å². The minimum atomic E-state index is -0.475. The van der Waals surface area contributed by atoms with Crippen molar-refractivity contribution in [1.82, 2.24) is 9.80 Å². The van der Waals surface area contributed by atoms with Gasteiger partial charge in [0.25, 0.3) is 11.1 Å². The van der Waals surface area contributed by atoms with Crippen LogP contribution in [0.15, 0.2) is 35.8 Å². The van der Waals surface area contributed by atoms with Crippen molar-refractivity contribution in [2.75, 3.05) is 46.1 Å². The third-order valence-electron chi connectivity index (χ3n) is 4.45. The summed E-state index contributed by atoms with van der Waals surface area (Å²) in [6.45, 7) is 7.87. The molecule has 160 valence electrons. The highest BCUT2D eigenvalue weighted by Gasteiger charge is 2.37. The van der Waals surface area contributed by atoms with Crippen LogP contribution in [0.25, 0.3) is 6.08 Å². The Morgan fingerprint density at radius 2 is 2.00 bits per heavy atom. The Kier molecular flexibility index (Phi) is 7.53. The molecule has 0 N–H and O–H groups in total. The summed E-state index contributed by atoms with van der Waals surface area (Å²) in [5.41, 5.74) is 0.689.